The maximum atomic E-state index is 12.5. The highest BCUT2D eigenvalue weighted by molar-refractivity contribution is 7.92. The molecule has 0 aliphatic carbocycles. The Morgan fingerprint density at radius 3 is 2.50 bits per heavy atom. The van der Waals surface area contributed by atoms with Gasteiger partial charge in [-0.1, -0.05) is 48.0 Å². The molecule has 2 rings (SSSR count). The third-order valence-electron chi connectivity index (χ3n) is 2.89. The molecule has 0 amide bonds. The first-order chi connectivity index (χ1) is 10.5. The van der Waals surface area contributed by atoms with Crippen LogP contribution in [0.5, 0.6) is 0 Å². The highest BCUT2D eigenvalue weighted by Crippen LogP contribution is 2.24. The third-order valence-corrected chi connectivity index (χ3v) is 5.58. The zero-order valence-corrected chi connectivity index (χ0v) is 14.2. The molecule has 0 saturated heterocycles. The molecule has 0 saturated carbocycles. The van der Waals surface area contributed by atoms with Crippen LogP contribution in [0.1, 0.15) is 10.4 Å². The van der Waals surface area contributed by atoms with Gasteiger partial charge in [0.05, 0.1) is 4.34 Å². The van der Waals surface area contributed by atoms with Crippen molar-refractivity contribution in [3.63, 3.8) is 0 Å². The lowest BCUT2D eigenvalue weighted by atomic mass is 10.2. The fourth-order valence-corrected chi connectivity index (χ4v) is 4.15. The van der Waals surface area contributed by atoms with Crippen LogP contribution in [0.4, 0.5) is 0 Å². The molecule has 0 atom stereocenters. The molecule has 0 radical (unpaired) electrons. The van der Waals surface area contributed by atoms with E-state index >= 15 is 0 Å². The van der Waals surface area contributed by atoms with E-state index in [1.807, 2.05) is 36.4 Å². The van der Waals surface area contributed by atoms with Gasteiger partial charge in [-0.05, 0) is 23.8 Å². The molecule has 6 heteroatoms. The minimum Gasteiger partial charge on any atom is -0.207 e. The number of sulfonamides is 1. The van der Waals surface area contributed by atoms with Crippen LogP contribution in [-0.4, -0.2) is 19.3 Å². The lowest BCUT2D eigenvalue weighted by molar-refractivity contribution is 0.449. The van der Waals surface area contributed by atoms with E-state index in [0.29, 0.717) is 4.34 Å². The van der Waals surface area contributed by atoms with Crippen molar-refractivity contribution in [1.29, 1.82) is 0 Å². The van der Waals surface area contributed by atoms with Crippen molar-refractivity contribution >= 4 is 39.0 Å². The van der Waals surface area contributed by atoms with Gasteiger partial charge < -0.3 is 0 Å². The van der Waals surface area contributed by atoms with Crippen molar-refractivity contribution in [2.24, 2.45) is 0 Å². The van der Waals surface area contributed by atoms with Gasteiger partial charge >= 0.3 is 0 Å². The van der Waals surface area contributed by atoms with Gasteiger partial charge in [0.15, 0.2) is 0 Å². The van der Waals surface area contributed by atoms with Crippen LogP contribution in [-0.2, 0) is 16.6 Å². The molecule has 0 aliphatic rings. The predicted molar refractivity (Wildman–Crippen MR) is 94.3 cm³/mol. The second-order valence-corrected chi connectivity index (χ2v) is 8.16. The van der Waals surface area contributed by atoms with Crippen LogP contribution in [0.3, 0.4) is 0 Å². The Morgan fingerprint density at radius 2 is 1.91 bits per heavy atom. The van der Waals surface area contributed by atoms with Crippen LogP contribution < -0.4 is 0 Å². The fraction of sp³-hybridized carbons (Fsp3) is 0.125. The largest absolute Gasteiger partial charge is 0.236 e. The molecule has 0 spiro atoms. The Morgan fingerprint density at radius 1 is 1.18 bits per heavy atom. The zero-order valence-electron chi connectivity index (χ0n) is 11.9. The molecule has 1 aromatic heterocycles. The average Bonchev–Trinajstić information content (AvgIpc) is 2.91. The van der Waals surface area contributed by atoms with Crippen molar-refractivity contribution < 1.29 is 8.42 Å². The Hall–Kier alpha value is -1.40. The molecular weight excluding hydrogens is 338 g/mol. The molecule has 2 aromatic rings. The van der Waals surface area contributed by atoms with Crippen molar-refractivity contribution in [3.8, 4) is 0 Å². The van der Waals surface area contributed by atoms with Gasteiger partial charge in [0.2, 0.25) is 10.0 Å². The van der Waals surface area contributed by atoms with E-state index in [4.69, 9.17) is 11.6 Å². The van der Waals surface area contributed by atoms with E-state index in [9.17, 15) is 8.42 Å². The maximum Gasteiger partial charge on any atom is 0.236 e. The molecule has 22 heavy (non-hydrogen) atoms. The van der Waals surface area contributed by atoms with Gasteiger partial charge in [0.25, 0.3) is 0 Å². The first-order valence-corrected chi connectivity index (χ1v) is 9.29. The highest BCUT2D eigenvalue weighted by Gasteiger charge is 2.18. The van der Waals surface area contributed by atoms with Crippen molar-refractivity contribution in [3.05, 3.63) is 75.3 Å². The summed E-state index contributed by atoms with van der Waals surface area (Å²) in [6.07, 6.45) is 3.16. The fourth-order valence-electron chi connectivity index (χ4n) is 1.83. The molecule has 116 valence electrons. The number of hydrogen-bond donors (Lipinski definition) is 0. The standard InChI is InChI=1S/C16H16ClNO2S2/c1-2-11-18(13-15-8-9-16(17)21-15)22(19,20)12-10-14-6-4-3-5-7-14/h2-10,12H,1,11,13H2/b12-10+. The molecule has 0 fully saturated rings. The van der Waals surface area contributed by atoms with Crippen LogP contribution in [0.15, 0.2) is 60.5 Å². The molecule has 1 aromatic carbocycles. The van der Waals surface area contributed by atoms with Crippen LogP contribution in [0.2, 0.25) is 4.34 Å². The number of nitrogens with zero attached hydrogens (tertiary/aromatic N) is 1. The van der Waals surface area contributed by atoms with Gasteiger partial charge in [-0.25, -0.2) is 8.42 Å². The van der Waals surface area contributed by atoms with Gasteiger partial charge in [-0.2, -0.15) is 4.31 Å². The molecule has 0 unspecified atom stereocenters. The number of halogens is 1. The Labute approximate surface area is 140 Å². The van der Waals surface area contributed by atoms with E-state index in [1.54, 1.807) is 18.2 Å². The van der Waals surface area contributed by atoms with Crippen molar-refractivity contribution in [1.82, 2.24) is 4.31 Å². The molecular formula is C16H16ClNO2S2. The van der Waals surface area contributed by atoms with Gasteiger partial charge in [0, 0.05) is 23.4 Å². The third kappa shape index (κ3) is 4.81. The average molecular weight is 354 g/mol. The smallest absolute Gasteiger partial charge is 0.207 e. The minimum absolute atomic E-state index is 0.247. The number of thiophene rings is 1. The second-order valence-electron chi connectivity index (χ2n) is 4.55. The lowest BCUT2D eigenvalue weighted by Crippen LogP contribution is -2.28. The quantitative estimate of drug-likeness (QED) is 0.692. The summed E-state index contributed by atoms with van der Waals surface area (Å²) in [7, 11) is -3.53. The molecule has 3 nitrogen and oxygen atoms in total. The first-order valence-electron chi connectivity index (χ1n) is 6.59. The van der Waals surface area contributed by atoms with Gasteiger partial charge in [-0.15, -0.1) is 17.9 Å². The summed E-state index contributed by atoms with van der Waals surface area (Å²) in [5.41, 5.74) is 0.837. The summed E-state index contributed by atoms with van der Waals surface area (Å²) < 4.78 is 26.9. The molecule has 1 heterocycles. The Bertz CT molecular complexity index is 751. The van der Waals surface area contributed by atoms with E-state index in [2.05, 4.69) is 6.58 Å². The predicted octanol–water partition coefficient (Wildman–Crippen LogP) is 4.39. The molecule has 0 N–H and O–H groups in total. The van der Waals surface area contributed by atoms with Crippen molar-refractivity contribution in [2.75, 3.05) is 6.54 Å². The summed E-state index contributed by atoms with van der Waals surface area (Å²) in [6.45, 7) is 4.16. The summed E-state index contributed by atoms with van der Waals surface area (Å²) in [5.74, 6) is 0. The maximum absolute atomic E-state index is 12.5. The lowest BCUT2D eigenvalue weighted by Gasteiger charge is -2.17. The summed E-state index contributed by atoms with van der Waals surface area (Å²) in [5, 5.41) is 1.22. The monoisotopic (exact) mass is 353 g/mol. The topological polar surface area (TPSA) is 37.4 Å². The van der Waals surface area contributed by atoms with Crippen LogP contribution in [0.25, 0.3) is 6.08 Å². The van der Waals surface area contributed by atoms with Crippen LogP contribution >= 0.6 is 22.9 Å². The Balaban J connectivity index is 2.18. The van der Waals surface area contributed by atoms with E-state index in [1.165, 1.54) is 21.1 Å². The summed E-state index contributed by atoms with van der Waals surface area (Å²) in [4.78, 5) is 0.892. The number of hydrogen-bond acceptors (Lipinski definition) is 3. The minimum atomic E-state index is -3.53. The van der Waals surface area contributed by atoms with E-state index in [-0.39, 0.29) is 13.1 Å². The van der Waals surface area contributed by atoms with E-state index in [0.717, 1.165) is 10.4 Å². The summed E-state index contributed by atoms with van der Waals surface area (Å²) in [6, 6.07) is 12.9. The first kappa shape index (κ1) is 17.0. The van der Waals surface area contributed by atoms with E-state index < -0.39 is 10.0 Å². The highest BCUT2D eigenvalue weighted by atomic mass is 35.5. The van der Waals surface area contributed by atoms with Gasteiger partial charge in [0.1, 0.15) is 0 Å². The normalized spacial score (nSPS) is 12.1. The summed E-state index contributed by atoms with van der Waals surface area (Å²) >= 11 is 7.27. The zero-order chi connectivity index (χ0) is 16.0. The van der Waals surface area contributed by atoms with Crippen molar-refractivity contribution in [2.45, 2.75) is 6.54 Å². The van der Waals surface area contributed by atoms with Gasteiger partial charge in [-0.3, -0.25) is 0 Å². The molecule has 0 bridgehead atoms. The number of rotatable bonds is 7. The SMILES string of the molecule is C=CCN(Cc1ccc(Cl)s1)S(=O)(=O)/C=C/c1ccccc1. The second kappa shape index (κ2) is 7.74. The Kier molecular flexibility index (Phi) is 5.97. The molecule has 0 aliphatic heterocycles. The number of benzene rings is 1. The van der Waals surface area contributed by atoms with Crippen LogP contribution in [0, 0.1) is 0 Å².